The Morgan fingerprint density at radius 1 is 1.19 bits per heavy atom. The fraction of sp³-hybridized carbons (Fsp3) is 0.235. The molecule has 2 rings (SSSR count). The number of rotatable bonds is 5. The lowest BCUT2D eigenvalue weighted by Gasteiger charge is -2.12. The summed E-state index contributed by atoms with van der Waals surface area (Å²) in [6.45, 7) is 4.59. The van der Waals surface area contributed by atoms with Crippen molar-refractivity contribution < 1.29 is 9.94 Å². The minimum absolute atomic E-state index is 0.113. The quantitative estimate of drug-likeness (QED) is 0.383. The Balaban J connectivity index is 2.14. The molecule has 0 heterocycles. The van der Waals surface area contributed by atoms with E-state index >= 15 is 0 Å². The molecule has 110 valence electrons. The van der Waals surface area contributed by atoms with Gasteiger partial charge in [-0.05, 0) is 42.2 Å². The first kappa shape index (κ1) is 14.9. The number of nitrogens with two attached hydrogens (primary N) is 1. The maximum absolute atomic E-state index is 8.70. The summed E-state index contributed by atoms with van der Waals surface area (Å²) >= 11 is 0. The van der Waals surface area contributed by atoms with Gasteiger partial charge in [0.25, 0.3) is 0 Å². The highest BCUT2D eigenvalue weighted by Crippen LogP contribution is 2.21. The van der Waals surface area contributed by atoms with Crippen molar-refractivity contribution in [3.63, 3.8) is 0 Å². The number of hydrogen-bond acceptors (Lipinski definition) is 3. The van der Waals surface area contributed by atoms with Crippen LogP contribution >= 0.6 is 0 Å². The molecular weight excluding hydrogens is 264 g/mol. The number of benzene rings is 2. The molecule has 3 N–H and O–H groups in total. The third kappa shape index (κ3) is 3.54. The highest BCUT2D eigenvalue weighted by atomic mass is 16.5. The van der Waals surface area contributed by atoms with Crippen LogP contribution in [0, 0.1) is 6.92 Å². The molecule has 0 amide bonds. The highest BCUT2D eigenvalue weighted by molar-refractivity contribution is 5.97. The smallest absolute Gasteiger partial charge is 0.170 e. The molecule has 0 aromatic heterocycles. The van der Waals surface area contributed by atoms with Gasteiger partial charge in [-0.15, -0.1) is 0 Å². The van der Waals surface area contributed by atoms with E-state index in [1.807, 2.05) is 43.3 Å². The molecule has 0 unspecified atom stereocenters. The summed E-state index contributed by atoms with van der Waals surface area (Å²) in [7, 11) is 0. The zero-order valence-corrected chi connectivity index (χ0v) is 12.3. The highest BCUT2D eigenvalue weighted by Gasteiger charge is 2.06. The maximum Gasteiger partial charge on any atom is 0.170 e. The molecule has 0 radical (unpaired) electrons. The summed E-state index contributed by atoms with van der Waals surface area (Å²) in [4.78, 5) is 0. The largest absolute Gasteiger partial charge is 0.489 e. The van der Waals surface area contributed by atoms with Crippen LogP contribution in [0.5, 0.6) is 5.75 Å². The van der Waals surface area contributed by atoms with Crippen molar-refractivity contribution in [2.45, 2.75) is 26.9 Å². The lowest BCUT2D eigenvalue weighted by molar-refractivity contribution is 0.302. The van der Waals surface area contributed by atoms with Crippen LogP contribution < -0.4 is 10.5 Å². The van der Waals surface area contributed by atoms with Gasteiger partial charge in [0.1, 0.15) is 12.4 Å². The van der Waals surface area contributed by atoms with Gasteiger partial charge in [0, 0.05) is 5.56 Å². The lowest BCUT2D eigenvalue weighted by Crippen LogP contribution is -2.13. The lowest BCUT2D eigenvalue weighted by atomic mass is 10.1. The first-order valence-corrected chi connectivity index (χ1v) is 6.93. The fourth-order valence-corrected chi connectivity index (χ4v) is 2.17. The van der Waals surface area contributed by atoms with Crippen LogP contribution in [-0.2, 0) is 13.0 Å². The molecule has 2 aromatic rings. The number of para-hydroxylation sites is 1. The monoisotopic (exact) mass is 284 g/mol. The van der Waals surface area contributed by atoms with E-state index in [0.29, 0.717) is 12.2 Å². The molecule has 4 heteroatoms. The second-order valence-corrected chi connectivity index (χ2v) is 4.88. The minimum atomic E-state index is 0.113. The van der Waals surface area contributed by atoms with Gasteiger partial charge in [0.2, 0.25) is 0 Å². The third-order valence-electron chi connectivity index (χ3n) is 3.48. The molecule has 0 saturated heterocycles. The summed E-state index contributed by atoms with van der Waals surface area (Å²) < 4.78 is 5.91. The van der Waals surface area contributed by atoms with Crippen molar-refractivity contribution in [1.29, 1.82) is 0 Å². The van der Waals surface area contributed by atoms with Gasteiger partial charge in [-0.2, -0.15) is 0 Å². The van der Waals surface area contributed by atoms with Crippen molar-refractivity contribution in [2.75, 3.05) is 0 Å². The molecule has 0 fully saturated rings. The van der Waals surface area contributed by atoms with E-state index in [2.05, 4.69) is 18.1 Å². The summed E-state index contributed by atoms with van der Waals surface area (Å²) in [5.41, 5.74) is 9.61. The van der Waals surface area contributed by atoms with Crippen LogP contribution in [0.25, 0.3) is 0 Å². The fourth-order valence-electron chi connectivity index (χ4n) is 2.17. The van der Waals surface area contributed by atoms with Crippen LogP contribution in [-0.4, -0.2) is 11.0 Å². The average molecular weight is 284 g/mol. The Labute approximate surface area is 124 Å². The number of aryl methyl sites for hydroxylation is 2. The first-order valence-electron chi connectivity index (χ1n) is 6.93. The molecule has 0 atom stereocenters. The van der Waals surface area contributed by atoms with E-state index in [-0.39, 0.29) is 5.84 Å². The molecule has 0 aliphatic rings. The van der Waals surface area contributed by atoms with E-state index < -0.39 is 0 Å². The third-order valence-corrected chi connectivity index (χ3v) is 3.48. The zero-order chi connectivity index (χ0) is 15.2. The standard InChI is InChI=1S/C17H20N2O2/c1-3-13-6-4-5-7-16(13)21-11-15-9-8-14(10-12(15)2)17(18)19-20/h4-10,20H,3,11H2,1-2H3,(H2,18,19). The van der Waals surface area contributed by atoms with E-state index in [1.165, 1.54) is 5.56 Å². The molecule has 4 nitrogen and oxygen atoms in total. The summed E-state index contributed by atoms with van der Waals surface area (Å²) in [6, 6.07) is 13.7. The normalized spacial score (nSPS) is 11.4. The molecule has 0 aliphatic carbocycles. The number of oxime groups is 1. The van der Waals surface area contributed by atoms with Crippen LogP contribution in [0.3, 0.4) is 0 Å². The Bertz CT molecular complexity index is 651. The van der Waals surface area contributed by atoms with Crippen molar-refractivity contribution in [2.24, 2.45) is 10.9 Å². The average Bonchev–Trinajstić information content (AvgIpc) is 2.53. The van der Waals surface area contributed by atoms with Gasteiger partial charge in [-0.3, -0.25) is 0 Å². The van der Waals surface area contributed by atoms with Crippen molar-refractivity contribution in [1.82, 2.24) is 0 Å². The Kier molecular flexibility index (Phi) is 4.82. The van der Waals surface area contributed by atoms with Gasteiger partial charge in [-0.1, -0.05) is 42.4 Å². The zero-order valence-electron chi connectivity index (χ0n) is 12.3. The second kappa shape index (κ2) is 6.79. The summed E-state index contributed by atoms with van der Waals surface area (Å²) in [5.74, 6) is 1.03. The predicted molar refractivity (Wildman–Crippen MR) is 83.8 cm³/mol. The molecule has 0 spiro atoms. The van der Waals surface area contributed by atoms with Gasteiger partial charge in [0.05, 0.1) is 0 Å². The van der Waals surface area contributed by atoms with Crippen LogP contribution in [0.4, 0.5) is 0 Å². The number of nitrogens with zero attached hydrogens (tertiary/aromatic N) is 1. The Hall–Kier alpha value is -2.49. The number of ether oxygens (including phenoxy) is 1. The second-order valence-electron chi connectivity index (χ2n) is 4.88. The Morgan fingerprint density at radius 2 is 1.95 bits per heavy atom. The molecule has 0 aliphatic heterocycles. The van der Waals surface area contributed by atoms with Crippen molar-refractivity contribution >= 4 is 5.84 Å². The van der Waals surface area contributed by atoms with Gasteiger partial charge < -0.3 is 15.7 Å². The van der Waals surface area contributed by atoms with E-state index in [0.717, 1.165) is 23.3 Å². The SMILES string of the molecule is CCc1ccccc1OCc1ccc(/C(N)=N/O)cc1C. The number of amidine groups is 1. The number of hydrogen-bond donors (Lipinski definition) is 2. The summed E-state index contributed by atoms with van der Waals surface area (Å²) in [6.07, 6.45) is 0.942. The molecule has 0 bridgehead atoms. The van der Waals surface area contributed by atoms with Gasteiger partial charge in [0.15, 0.2) is 5.84 Å². The van der Waals surface area contributed by atoms with E-state index in [9.17, 15) is 0 Å². The van der Waals surface area contributed by atoms with Crippen LogP contribution in [0.2, 0.25) is 0 Å². The maximum atomic E-state index is 8.70. The topological polar surface area (TPSA) is 67.8 Å². The van der Waals surface area contributed by atoms with Gasteiger partial charge in [-0.25, -0.2) is 0 Å². The molecular formula is C17H20N2O2. The Morgan fingerprint density at radius 3 is 2.62 bits per heavy atom. The summed E-state index contributed by atoms with van der Waals surface area (Å²) in [5, 5.41) is 11.7. The van der Waals surface area contributed by atoms with E-state index in [1.54, 1.807) is 0 Å². The van der Waals surface area contributed by atoms with Crippen molar-refractivity contribution in [3.05, 3.63) is 64.7 Å². The minimum Gasteiger partial charge on any atom is -0.489 e. The first-order chi connectivity index (χ1) is 10.2. The molecule has 0 saturated carbocycles. The molecule has 2 aromatic carbocycles. The van der Waals surface area contributed by atoms with Gasteiger partial charge >= 0.3 is 0 Å². The predicted octanol–water partition coefficient (Wildman–Crippen LogP) is 3.23. The van der Waals surface area contributed by atoms with Crippen LogP contribution in [0.15, 0.2) is 47.6 Å². The van der Waals surface area contributed by atoms with Crippen molar-refractivity contribution in [3.8, 4) is 5.75 Å². The molecule has 21 heavy (non-hydrogen) atoms. The van der Waals surface area contributed by atoms with Crippen LogP contribution in [0.1, 0.15) is 29.2 Å². The van der Waals surface area contributed by atoms with E-state index in [4.69, 9.17) is 15.7 Å².